The van der Waals surface area contributed by atoms with Gasteiger partial charge in [-0.05, 0) is 34.9 Å². The summed E-state index contributed by atoms with van der Waals surface area (Å²) in [7, 11) is -2.75. The molecule has 0 unspecified atom stereocenters. The van der Waals surface area contributed by atoms with Gasteiger partial charge in [0.05, 0.1) is 0 Å². The highest BCUT2D eigenvalue weighted by Crippen LogP contribution is 2.25. The van der Waals surface area contributed by atoms with Crippen LogP contribution in [0.3, 0.4) is 0 Å². The fraction of sp³-hybridized carbons (Fsp3) is 0.217. The maximum atomic E-state index is 15.0. The molecule has 3 rings (SSSR count). The summed E-state index contributed by atoms with van der Waals surface area (Å²) in [5, 5.41) is 0.726. The summed E-state index contributed by atoms with van der Waals surface area (Å²) in [5.41, 5.74) is 1.95. The fourth-order valence-corrected chi connectivity index (χ4v) is 5.89. The normalized spacial score (nSPS) is 11.7. The molecule has 0 amide bonds. The Balaban J connectivity index is 2.02. The topological polar surface area (TPSA) is 0 Å². The van der Waals surface area contributed by atoms with Crippen LogP contribution in [0, 0.1) is 23.3 Å². The van der Waals surface area contributed by atoms with Crippen LogP contribution >= 0.6 is 0 Å². The minimum absolute atomic E-state index is 0.194. The Hall–Kier alpha value is -2.40. The van der Waals surface area contributed by atoms with E-state index < -0.39 is 31.3 Å². The van der Waals surface area contributed by atoms with Crippen molar-refractivity contribution in [3.8, 4) is 11.1 Å². The first-order chi connectivity index (χ1) is 13.3. The summed E-state index contributed by atoms with van der Waals surface area (Å²) >= 11 is 0. The lowest BCUT2D eigenvalue weighted by molar-refractivity contribution is 0.509. The molecule has 0 radical (unpaired) electrons. The van der Waals surface area contributed by atoms with Gasteiger partial charge in [0.1, 0.15) is 8.07 Å². The smallest absolute Gasteiger partial charge is 0.166 e. The number of benzene rings is 3. The second kappa shape index (κ2) is 7.92. The maximum Gasteiger partial charge on any atom is 0.166 e. The van der Waals surface area contributed by atoms with E-state index in [0.29, 0.717) is 10.8 Å². The molecule has 5 heteroatoms. The number of hydrogen-bond donors (Lipinski definition) is 0. The Morgan fingerprint density at radius 3 is 2.04 bits per heavy atom. The zero-order valence-corrected chi connectivity index (χ0v) is 17.1. The summed E-state index contributed by atoms with van der Waals surface area (Å²) < 4.78 is 56.8. The molecule has 0 fully saturated rings. The third-order valence-electron chi connectivity index (χ3n) is 5.20. The zero-order chi connectivity index (χ0) is 20.5. The molecule has 0 spiro atoms. The first-order valence-corrected chi connectivity index (χ1v) is 12.3. The Labute approximate surface area is 163 Å². The summed E-state index contributed by atoms with van der Waals surface area (Å²) in [6.45, 7) is 5.66. The van der Waals surface area contributed by atoms with Crippen LogP contribution in [0.1, 0.15) is 18.9 Å². The first kappa shape index (κ1) is 20.3. The predicted molar refractivity (Wildman–Crippen MR) is 109 cm³/mol. The number of hydrogen-bond acceptors (Lipinski definition) is 0. The van der Waals surface area contributed by atoms with Gasteiger partial charge in [-0.25, -0.2) is 17.6 Å². The largest absolute Gasteiger partial charge is 0.204 e. The van der Waals surface area contributed by atoms with Gasteiger partial charge in [-0.15, -0.1) is 0 Å². The van der Waals surface area contributed by atoms with E-state index in [4.69, 9.17) is 0 Å². The van der Waals surface area contributed by atoms with E-state index in [-0.39, 0.29) is 10.8 Å². The average molecular weight is 403 g/mol. The van der Waals surface area contributed by atoms with Gasteiger partial charge in [0, 0.05) is 5.56 Å². The van der Waals surface area contributed by atoms with Crippen LogP contribution in [0.25, 0.3) is 11.1 Å². The van der Waals surface area contributed by atoms with Crippen molar-refractivity contribution in [2.24, 2.45) is 0 Å². The van der Waals surface area contributed by atoms with Crippen molar-refractivity contribution in [3.05, 3.63) is 83.4 Å². The van der Waals surface area contributed by atoms with E-state index in [2.05, 4.69) is 6.92 Å². The summed E-state index contributed by atoms with van der Waals surface area (Å²) in [5.74, 6) is -3.77. The van der Waals surface area contributed by atoms with Crippen LogP contribution in [0.2, 0.25) is 13.1 Å². The van der Waals surface area contributed by atoms with Crippen molar-refractivity contribution in [2.75, 3.05) is 0 Å². The second-order valence-corrected chi connectivity index (χ2v) is 11.9. The highest BCUT2D eigenvalue weighted by molar-refractivity contribution is 7.00. The quantitative estimate of drug-likeness (QED) is 0.380. The van der Waals surface area contributed by atoms with Crippen LogP contribution in [-0.2, 0) is 6.42 Å². The second-order valence-electron chi connectivity index (χ2n) is 7.49. The number of aryl methyl sites for hydroxylation is 1. The fourth-order valence-electron chi connectivity index (χ4n) is 3.44. The summed E-state index contributed by atoms with van der Waals surface area (Å²) in [6.07, 6.45) is 1.95. The molecule has 3 aromatic rings. The third kappa shape index (κ3) is 3.76. The molecule has 0 heterocycles. The molecule has 3 aromatic carbocycles. The molecule has 0 saturated carbocycles. The molecule has 0 bridgehead atoms. The van der Waals surface area contributed by atoms with Crippen molar-refractivity contribution in [3.63, 3.8) is 0 Å². The average Bonchev–Trinajstić information content (AvgIpc) is 2.67. The van der Waals surface area contributed by atoms with Crippen LogP contribution in [0.4, 0.5) is 17.6 Å². The van der Waals surface area contributed by atoms with Gasteiger partial charge in [-0.1, -0.05) is 74.1 Å². The van der Waals surface area contributed by atoms with E-state index in [1.807, 2.05) is 12.1 Å². The molecule has 28 heavy (non-hydrogen) atoms. The molecule has 0 aliphatic heterocycles. The van der Waals surface area contributed by atoms with E-state index >= 15 is 4.39 Å². The van der Waals surface area contributed by atoms with Crippen molar-refractivity contribution >= 4 is 18.4 Å². The van der Waals surface area contributed by atoms with Gasteiger partial charge < -0.3 is 0 Å². The van der Waals surface area contributed by atoms with Crippen molar-refractivity contribution in [2.45, 2.75) is 32.9 Å². The lowest BCUT2D eigenvalue weighted by Gasteiger charge is -2.25. The SMILES string of the molecule is CCCc1ccc(-c2ccc([Si](C)(C)c3ccc(F)c(F)c3)c(F)c2F)cc1. The Bertz CT molecular complexity index is 994. The van der Waals surface area contributed by atoms with Crippen molar-refractivity contribution in [1.29, 1.82) is 0 Å². The van der Waals surface area contributed by atoms with Crippen molar-refractivity contribution in [1.82, 2.24) is 0 Å². The first-order valence-electron chi connectivity index (χ1n) is 9.29. The predicted octanol–water partition coefficient (Wildman–Crippen LogP) is 5.69. The molecule has 0 aliphatic carbocycles. The number of halogens is 4. The van der Waals surface area contributed by atoms with Gasteiger partial charge in [0.15, 0.2) is 23.3 Å². The molecule has 0 saturated heterocycles. The van der Waals surface area contributed by atoms with Gasteiger partial charge in [0.2, 0.25) is 0 Å². The molecule has 0 nitrogen and oxygen atoms in total. The lowest BCUT2D eigenvalue weighted by atomic mass is 10.0. The molecule has 0 N–H and O–H groups in total. The minimum atomic E-state index is -2.75. The highest BCUT2D eigenvalue weighted by Gasteiger charge is 2.32. The van der Waals surface area contributed by atoms with Crippen LogP contribution in [0.15, 0.2) is 54.6 Å². The number of rotatable bonds is 5. The Kier molecular flexibility index (Phi) is 5.75. The molecule has 0 aliphatic rings. The third-order valence-corrected chi connectivity index (χ3v) is 8.69. The molecule has 146 valence electrons. The standard InChI is InChI=1S/C23H22F4Si/c1-4-5-15-6-8-16(9-7-15)18-11-13-21(23(27)22(18)26)28(2,3)17-10-12-19(24)20(25)14-17/h6-14H,4-5H2,1-3H3. The van der Waals surface area contributed by atoms with Crippen LogP contribution in [0.5, 0.6) is 0 Å². The Morgan fingerprint density at radius 2 is 1.43 bits per heavy atom. The van der Waals surface area contributed by atoms with Gasteiger partial charge in [-0.2, -0.15) is 0 Å². The Morgan fingerprint density at radius 1 is 0.750 bits per heavy atom. The van der Waals surface area contributed by atoms with Gasteiger partial charge >= 0.3 is 0 Å². The lowest BCUT2D eigenvalue weighted by Crippen LogP contribution is -2.54. The van der Waals surface area contributed by atoms with Gasteiger partial charge in [0.25, 0.3) is 0 Å². The van der Waals surface area contributed by atoms with E-state index in [9.17, 15) is 13.2 Å². The van der Waals surface area contributed by atoms with Crippen molar-refractivity contribution < 1.29 is 17.6 Å². The molecular formula is C23H22F4Si. The zero-order valence-electron chi connectivity index (χ0n) is 16.1. The van der Waals surface area contributed by atoms with Crippen LogP contribution in [-0.4, -0.2) is 8.07 Å². The van der Waals surface area contributed by atoms with E-state index in [1.54, 1.807) is 37.4 Å². The molecular weight excluding hydrogens is 380 g/mol. The van der Waals surface area contributed by atoms with Gasteiger partial charge in [-0.3, -0.25) is 0 Å². The molecule has 0 atom stereocenters. The van der Waals surface area contributed by atoms with Crippen LogP contribution < -0.4 is 10.4 Å². The summed E-state index contributed by atoms with van der Waals surface area (Å²) in [4.78, 5) is 0. The van der Waals surface area contributed by atoms with E-state index in [1.165, 1.54) is 6.07 Å². The maximum absolute atomic E-state index is 15.0. The molecule has 0 aromatic heterocycles. The highest BCUT2D eigenvalue weighted by atomic mass is 28.3. The van der Waals surface area contributed by atoms with E-state index in [0.717, 1.165) is 30.5 Å². The summed E-state index contributed by atoms with van der Waals surface area (Å²) in [6, 6.07) is 14.1. The monoisotopic (exact) mass is 402 g/mol. The minimum Gasteiger partial charge on any atom is -0.204 e.